The lowest BCUT2D eigenvalue weighted by atomic mass is 9.96. The maximum atomic E-state index is 13.1. The minimum absolute atomic E-state index is 0.245. The molecule has 0 aliphatic heterocycles. The van der Waals surface area contributed by atoms with E-state index >= 15 is 0 Å². The Morgan fingerprint density at radius 2 is 1.86 bits per heavy atom. The fourth-order valence-electron chi connectivity index (χ4n) is 3.46. The van der Waals surface area contributed by atoms with E-state index in [1.807, 2.05) is 11.4 Å². The van der Waals surface area contributed by atoms with Crippen LogP contribution in [0.25, 0.3) is 0 Å². The van der Waals surface area contributed by atoms with Gasteiger partial charge in [-0.1, -0.05) is 36.4 Å². The highest BCUT2D eigenvalue weighted by molar-refractivity contribution is 7.16. The molecule has 7 heteroatoms. The van der Waals surface area contributed by atoms with Crippen LogP contribution in [0, 0.1) is 11.3 Å². The number of ketones is 1. The number of aryl methyl sites for hydroxylation is 1. The van der Waals surface area contributed by atoms with E-state index in [0.29, 0.717) is 21.0 Å². The number of carbonyl (C=O) groups is 2. The zero-order valence-corrected chi connectivity index (χ0v) is 17.2. The number of hydrogen-bond acceptors (Lipinski definition) is 6. The van der Waals surface area contributed by atoms with Crippen LogP contribution in [0.5, 0.6) is 0 Å². The lowest BCUT2D eigenvalue weighted by molar-refractivity contribution is 0.0872. The molecule has 0 saturated heterocycles. The molecule has 0 saturated carbocycles. The van der Waals surface area contributed by atoms with Gasteiger partial charge in [-0.25, -0.2) is 0 Å². The summed E-state index contributed by atoms with van der Waals surface area (Å²) in [4.78, 5) is 27.5. The number of rotatable bonds is 6. The van der Waals surface area contributed by atoms with Crippen LogP contribution < -0.4 is 10.6 Å². The second-order valence-electron chi connectivity index (χ2n) is 6.79. The van der Waals surface area contributed by atoms with E-state index in [0.717, 1.165) is 31.2 Å². The predicted octanol–water partition coefficient (Wildman–Crippen LogP) is 4.61. The van der Waals surface area contributed by atoms with Crippen LogP contribution in [-0.2, 0) is 12.8 Å². The second kappa shape index (κ2) is 8.60. The zero-order valence-electron chi connectivity index (χ0n) is 15.6. The summed E-state index contributed by atoms with van der Waals surface area (Å²) < 4.78 is 0. The fourth-order valence-corrected chi connectivity index (χ4v) is 5.36. The van der Waals surface area contributed by atoms with Crippen molar-refractivity contribution in [2.24, 2.45) is 0 Å². The minimum atomic E-state index is -0.959. The summed E-state index contributed by atoms with van der Waals surface area (Å²) in [7, 11) is 0. The van der Waals surface area contributed by atoms with Gasteiger partial charge in [0.2, 0.25) is 5.78 Å². The molecule has 0 spiro atoms. The average Bonchev–Trinajstić information content (AvgIpc) is 3.41. The first kappa shape index (κ1) is 19.4. The number of thiophene rings is 2. The molecule has 146 valence electrons. The second-order valence-corrected chi connectivity index (χ2v) is 8.84. The van der Waals surface area contributed by atoms with Crippen LogP contribution in [0.4, 0.5) is 5.00 Å². The van der Waals surface area contributed by atoms with E-state index in [-0.39, 0.29) is 11.7 Å². The SMILES string of the molecule is N#Cc1c(NC(NC(=O)c2cccs2)C(=O)c2ccccc2)sc2c1CCCC2. The molecule has 0 bridgehead atoms. The Labute approximate surface area is 177 Å². The highest BCUT2D eigenvalue weighted by Gasteiger charge is 2.27. The quantitative estimate of drug-likeness (QED) is 0.450. The van der Waals surface area contributed by atoms with Crippen molar-refractivity contribution >= 4 is 39.4 Å². The Hall–Kier alpha value is -2.95. The van der Waals surface area contributed by atoms with Gasteiger partial charge in [0.1, 0.15) is 11.1 Å². The van der Waals surface area contributed by atoms with Crippen LogP contribution >= 0.6 is 22.7 Å². The summed E-state index contributed by atoms with van der Waals surface area (Å²) in [6.07, 6.45) is 3.06. The van der Waals surface area contributed by atoms with E-state index in [2.05, 4.69) is 16.7 Å². The van der Waals surface area contributed by atoms with Crippen molar-refractivity contribution in [3.05, 3.63) is 74.3 Å². The van der Waals surface area contributed by atoms with E-state index < -0.39 is 6.17 Å². The largest absolute Gasteiger partial charge is 0.349 e. The van der Waals surface area contributed by atoms with Crippen molar-refractivity contribution in [2.45, 2.75) is 31.8 Å². The number of nitriles is 1. The molecule has 0 radical (unpaired) electrons. The molecule has 1 unspecified atom stereocenters. The molecule has 1 atom stereocenters. The van der Waals surface area contributed by atoms with Crippen LogP contribution in [0.3, 0.4) is 0 Å². The Morgan fingerprint density at radius 3 is 2.59 bits per heavy atom. The molecular formula is C22H19N3O2S2. The van der Waals surface area contributed by atoms with Crippen molar-refractivity contribution < 1.29 is 9.59 Å². The number of fused-ring (bicyclic) bond motifs is 1. The monoisotopic (exact) mass is 421 g/mol. The molecule has 2 N–H and O–H groups in total. The van der Waals surface area contributed by atoms with Gasteiger partial charge in [-0.3, -0.25) is 9.59 Å². The third-order valence-electron chi connectivity index (χ3n) is 4.90. The minimum Gasteiger partial charge on any atom is -0.349 e. The first-order chi connectivity index (χ1) is 14.2. The topological polar surface area (TPSA) is 82.0 Å². The van der Waals surface area contributed by atoms with Gasteiger partial charge in [-0.2, -0.15) is 5.26 Å². The van der Waals surface area contributed by atoms with Gasteiger partial charge in [0.25, 0.3) is 5.91 Å². The van der Waals surface area contributed by atoms with Crippen LogP contribution in [0.2, 0.25) is 0 Å². The van der Waals surface area contributed by atoms with Crippen LogP contribution in [0.1, 0.15) is 48.9 Å². The molecule has 1 aliphatic rings. The standard InChI is InChI=1S/C22H19N3O2S2/c23-13-16-15-9-4-5-10-17(15)29-22(16)25-20(19(26)14-7-2-1-3-8-14)24-21(27)18-11-6-12-28-18/h1-3,6-8,11-12,20,25H,4-5,9-10H2,(H,24,27). The van der Waals surface area contributed by atoms with E-state index in [9.17, 15) is 14.9 Å². The summed E-state index contributed by atoms with van der Waals surface area (Å²) >= 11 is 2.83. The van der Waals surface area contributed by atoms with Crippen molar-refractivity contribution in [2.75, 3.05) is 5.32 Å². The molecular weight excluding hydrogens is 402 g/mol. The van der Waals surface area contributed by atoms with Crippen molar-refractivity contribution in [3.8, 4) is 6.07 Å². The maximum Gasteiger partial charge on any atom is 0.263 e. The van der Waals surface area contributed by atoms with Gasteiger partial charge in [-0.15, -0.1) is 22.7 Å². The molecule has 29 heavy (non-hydrogen) atoms. The number of nitrogens with zero attached hydrogens (tertiary/aromatic N) is 1. The Bertz CT molecular complexity index is 1070. The smallest absolute Gasteiger partial charge is 0.263 e. The van der Waals surface area contributed by atoms with Crippen LogP contribution in [-0.4, -0.2) is 17.9 Å². The van der Waals surface area contributed by atoms with E-state index in [1.54, 1.807) is 36.4 Å². The Morgan fingerprint density at radius 1 is 1.07 bits per heavy atom. The fraction of sp³-hybridized carbons (Fsp3) is 0.227. The number of hydrogen-bond donors (Lipinski definition) is 2. The van der Waals surface area contributed by atoms with Crippen molar-refractivity contribution in [1.29, 1.82) is 5.26 Å². The number of amides is 1. The number of anilines is 1. The predicted molar refractivity (Wildman–Crippen MR) is 116 cm³/mol. The van der Waals surface area contributed by atoms with Gasteiger partial charge in [0.05, 0.1) is 10.4 Å². The molecule has 5 nitrogen and oxygen atoms in total. The van der Waals surface area contributed by atoms with Crippen LogP contribution in [0.15, 0.2) is 47.8 Å². The molecule has 0 fully saturated rings. The molecule has 1 aliphatic carbocycles. The highest BCUT2D eigenvalue weighted by Crippen LogP contribution is 2.38. The van der Waals surface area contributed by atoms with Gasteiger partial charge in [-0.05, 0) is 42.7 Å². The first-order valence-corrected chi connectivity index (χ1v) is 11.1. The van der Waals surface area contributed by atoms with Gasteiger partial charge < -0.3 is 10.6 Å². The summed E-state index contributed by atoms with van der Waals surface area (Å²) in [5.74, 6) is -0.563. The summed E-state index contributed by atoms with van der Waals surface area (Å²) in [6, 6.07) is 14.7. The number of nitrogens with one attached hydrogen (secondary N) is 2. The Kier molecular flexibility index (Phi) is 5.74. The Balaban J connectivity index is 1.65. The highest BCUT2D eigenvalue weighted by atomic mass is 32.1. The summed E-state index contributed by atoms with van der Waals surface area (Å²) in [5, 5.41) is 18.2. The van der Waals surface area contributed by atoms with Gasteiger partial charge in [0.15, 0.2) is 6.17 Å². The normalized spacial score (nSPS) is 13.8. The van der Waals surface area contributed by atoms with E-state index in [1.165, 1.54) is 27.6 Å². The molecule has 4 rings (SSSR count). The van der Waals surface area contributed by atoms with Gasteiger partial charge >= 0.3 is 0 Å². The number of Topliss-reactive ketones (excluding diaryl/α,β-unsaturated/α-hetero) is 1. The third-order valence-corrected chi connectivity index (χ3v) is 6.99. The number of carbonyl (C=O) groups excluding carboxylic acids is 2. The lowest BCUT2D eigenvalue weighted by Gasteiger charge is -2.19. The molecule has 1 amide bonds. The third kappa shape index (κ3) is 4.09. The molecule has 3 aromatic rings. The zero-order chi connectivity index (χ0) is 20.2. The maximum absolute atomic E-state index is 13.1. The lowest BCUT2D eigenvalue weighted by Crippen LogP contribution is -2.46. The number of benzene rings is 1. The molecule has 1 aromatic carbocycles. The molecule has 2 heterocycles. The molecule has 2 aromatic heterocycles. The van der Waals surface area contributed by atoms with Crippen molar-refractivity contribution in [1.82, 2.24) is 5.32 Å². The van der Waals surface area contributed by atoms with Gasteiger partial charge in [0, 0.05) is 10.4 Å². The average molecular weight is 422 g/mol. The summed E-state index contributed by atoms with van der Waals surface area (Å²) in [6.45, 7) is 0. The van der Waals surface area contributed by atoms with Crippen molar-refractivity contribution in [3.63, 3.8) is 0 Å². The first-order valence-electron chi connectivity index (χ1n) is 9.42. The van der Waals surface area contributed by atoms with E-state index in [4.69, 9.17) is 0 Å². The summed E-state index contributed by atoms with van der Waals surface area (Å²) in [5.41, 5.74) is 2.18.